The highest BCUT2D eigenvalue weighted by molar-refractivity contribution is 5.69. The van der Waals surface area contributed by atoms with Crippen molar-refractivity contribution in [2.75, 3.05) is 5.73 Å². The van der Waals surface area contributed by atoms with Gasteiger partial charge in [-0.1, -0.05) is 6.07 Å². The van der Waals surface area contributed by atoms with Crippen molar-refractivity contribution < 1.29 is 4.39 Å². The first kappa shape index (κ1) is 11.7. The van der Waals surface area contributed by atoms with Gasteiger partial charge in [0, 0.05) is 6.20 Å². The molecule has 96 valence electrons. The standard InChI is InChI=1S/C15H14FN3/c1-9-3-5-12(16)7-13(9)11-4-6-14-18-15(17)10(2)19(14)8-11/h3-8H,17H2,1-2H3. The molecule has 2 N–H and O–H groups in total. The summed E-state index contributed by atoms with van der Waals surface area (Å²) in [4.78, 5) is 4.25. The average Bonchev–Trinajstić information content (AvgIpc) is 2.68. The van der Waals surface area contributed by atoms with Crippen LogP contribution in [0.15, 0.2) is 36.5 Å². The molecular weight excluding hydrogens is 241 g/mol. The highest BCUT2D eigenvalue weighted by Crippen LogP contribution is 2.26. The number of nitrogen functional groups attached to an aromatic ring is 1. The third-order valence-electron chi connectivity index (χ3n) is 3.40. The van der Waals surface area contributed by atoms with Crippen molar-refractivity contribution in [1.29, 1.82) is 0 Å². The molecule has 2 heterocycles. The van der Waals surface area contributed by atoms with E-state index in [9.17, 15) is 4.39 Å². The van der Waals surface area contributed by atoms with Crippen LogP contribution in [-0.2, 0) is 0 Å². The molecule has 0 atom stereocenters. The zero-order valence-electron chi connectivity index (χ0n) is 10.8. The molecule has 0 aliphatic heterocycles. The molecule has 0 bridgehead atoms. The van der Waals surface area contributed by atoms with Gasteiger partial charge in [-0.15, -0.1) is 0 Å². The van der Waals surface area contributed by atoms with E-state index in [1.807, 2.05) is 36.6 Å². The van der Waals surface area contributed by atoms with Crippen LogP contribution in [-0.4, -0.2) is 9.38 Å². The first-order valence-electron chi connectivity index (χ1n) is 6.07. The summed E-state index contributed by atoms with van der Waals surface area (Å²) in [6.45, 7) is 3.88. The van der Waals surface area contributed by atoms with Crippen LogP contribution in [0.2, 0.25) is 0 Å². The van der Waals surface area contributed by atoms with E-state index < -0.39 is 0 Å². The van der Waals surface area contributed by atoms with Gasteiger partial charge in [-0.05, 0) is 54.8 Å². The fraction of sp³-hybridized carbons (Fsp3) is 0.133. The first-order valence-corrected chi connectivity index (χ1v) is 6.07. The van der Waals surface area contributed by atoms with Crippen molar-refractivity contribution in [1.82, 2.24) is 9.38 Å². The third-order valence-corrected chi connectivity index (χ3v) is 3.40. The normalized spacial score (nSPS) is 11.1. The van der Waals surface area contributed by atoms with E-state index in [1.54, 1.807) is 12.1 Å². The quantitative estimate of drug-likeness (QED) is 0.724. The van der Waals surface area contributed by atoms with Crippen molar-refractivity contribution in [2.45, 2.75) is 13.8 Å². The fourth-order valence-corrected chi connectivity index (χ4v) is 2.24. The van der Waals surface area contributed by atoms with E-state index in [0.29, 0.717) is 5.82 Å². The van der Waals surface area contributed by atoms with E-state index in [0.717, 1.165) is 28.0 Å². The Morgan fingerprint density at radius 1 is 1.16 bits per heavy atom. The van der Waals surface area contributed by atoms with E-state index in [4.69, 9.17) is 5.73 Å². The Morgan fingerprint density at radius 3 is 2.74 bits per heavy atom. The number of nitrogens with two attached hydrogens (primary N) is 1. The molecule has 2 aromatic heterocycles. The maximum absolute atomic E-state index is 13.4. The van der Waals surface area contributed by atoms with Gasteiger partial charge in [-0.3, -0.25) is 0 Å². The molecule has 0 aliphatic rings. The molecule has 0 fully saturated rings. The van der Waals surface area contributed by atoms with Crippen molar-refractivity contribution in [3.05, 3.63) is 53.6 Å². The number of hydrogen-bond acceptors (Lipinski definition) is 2. The van der Waals surface area contributed by atoms with Gasteiger partial charge in [0.1, 0.15) is 17.3 Å². The summed E-state index contributed by atoms with van der Waals surface area (Å²) in [6, 6.07) is 8.62. The minimum Gasteiger partial charge on any atom is -0.382 e. The Bertz CT molecular complexity index is 774. The van der Waals surface area contributed by atoms with Gasteiger partial charge in [0.05, 0.1) is 5.69 Å². The molecule has 0 unspecified atom stereocenters. The average molecular weight is 255 g/mol. The van der Waals surface area contributed by atoms with Crippen molar-refractivity contribution >= 4 is 11.5 Å². The SMILES string of the molecule is Cc1ccc(F)cc1-c1ccc2nc(N)c(C)n2c1. The summed E-state index contributed by atoms with van der Waals surface area (Å²) in [6.07, 6.45) is 1.94. The second-order valence-electron chi connectivity index (χ2n) is 4.69. The lowest BCUT2D eigenvalue weighted by Crippen LogP contribution is -1.92. The summed E-state index contributed by atoms with van der Waals surface area (Å²) in [5.41, 5.74) is 10.4. The molecule has 0 saturated carbocycles. The molecule has 3 rings (SSSR count). The van der Waals surface area contributed by atoms with Crippen LogP contribution in [0.4, 0.5) is 10.2 Å². The van der Waals surface area contributed by atoms with Crippen LogP contribution in [0.3, 0.4) is 0 Å². The molecule has 4 heteroatoms. The smallest absolute Gasteiger partial charge is 0.145 e. The molecular formula is C15H14FN3. The van der Waals surface area contributed by atoms with Gasteiger partial charge < -0.3 is 10.1 Å². The Balaban J connectivity index is 2.25. The Morgan fingerprint density at radius 2 is 1.95 bits per heavy atom. The zero-order valence-corrected chi connectivity index (χ0v) is 10.8. The first-order chi connectivity index (χ1) is 9.06. The number of rotatable bonds is 1. The molecule has 19 heavy (non-hydrogen) atoms. The lowest BCUT2D eigenvalue weighted by molar-refractivity contribution is 0.628. The number of anilines is 1. The van der Waals surface area contributed by atoms with Crippen LogP contribution < -0.4 is 5.73 Å². The molecule has 0 aliphatic carbocycles. The monoisotopic (exact) mass is 255 g/mol. The maximum atomic E-state index is 13.4. The number of benzene rings is 1. The van der Waals surface area contributed by atoms with Gasteiger partial charge in [0.25, 0.3) is 0 Å². The topological polar surface area (TPSA) is 43.3 Å². The molecule has 3 aromatic rings. The number of hydrogen-bond donors (Lipinski definition) is 1. The van der Waals surface area contributed by atoms with Crippen molar-refractivity contribution in [2.24, 2.45) is 0 Å². The number of nitrogens with zero attached hydrogens (tertiary/aromatic N) is 2. The lowest BCUT2D eigenvalue weighted by Gasteiger charge is -2.07. The van der Waals surface area contributed by atoms with E-state index in [2.05, 4.69) is 4.98 Å². The number of imidazole rings is 1. The molecule has 0 saturated heterocycles. The molecule has 0 amide bonds. The summed E-state index contributed by atoms with van der Waals surface area (Å²) >= 11 is 0. The number of aromatic nitrogens is 2. The predicted octanol–water partition coefficient (Wildman–Crippen LogP) is 3.34. The van der Waals surface area contributed by atoms with E-state index in [-0.39, 0.29) is 5.82 Å². The lowest BCUT2D eigenvalue weighted by atomic mass is 10.0. The van der Waals surface area contributed by atoms with Crippen LogP contribution in [0.1, 0.15) is 11.3 Å². The van der Waals surface area contributed by atoms with Gasteiger partial charge in [-0.2, -0.15) is 0 Å². The van der Waals surface area contributed by atoms with Crippen LogP contribution in [0.5, 0.6) is 0 Å². The second-order valence-corrected chi connectivity index (χ2v) is 4.69. The van der Waals surface area contributed by atoms with Crippen LogP contribution in [0, 0.1) is 19.7 Å². The van der Waals surface area contributed by atoms with Crippen molar-refractivity contribution in [3.8, 4) is 11.1 Å². The zero-order chi connectivity index (χ0) is 13.6. The molecule has 3 nitrogen and oxygen atoms in total. The Kier molecular flexibility index (Phi) is 2.52. The minimum atomic E-state index is -0.234. The van der Waals surface area contributed by atoms with Gasteiger partial charge in [-0.25, -0.2) is 9.37 Å². The van der Waals surface area contributed by atoms with Gasteiger partial charge in [0.15, 0.2) is 0 Å². The van der Waals surface area contributed by atoms with E-state index in [1.165, 1.54) is 6.07 Å². The summed E-state index contributed by atoms with van der Waals surface area (Å²) in [7, 11) is 0. The number of halogens is 1. The van der Waals surface area contributed by atoms with E-state index >= 15 is 0 Å². The van der Waals surface area contributed by atoms with Crippen molar-refractivity contribution in [3.63, 3.8) is 0 Å². The fourth-order valence-electron chi connectivity index (χ4n) is 2.24. The summed E-state index contributed by atoms with van der Waals surface area (Å²) in [5.74, 6) is 0.288. The molecule has 0 spiro atoms. The van der Waals surface area contributed by atoms with Gasteiger partial charge in [0.2, 0.25) is 0 Å². The largest absolute Gasteiger partial charge is 0.382 e. The number of fused-ring (bicyclic) bond motifs is 1. The van der Waals surface area contributed by atoms with Crippen LogP contribution >= 0.6 is 0 Å². The second kappa shape index (κ2) is 4.09. The third kappa shape index (κ3) is 1.85. The summed E-state index contributed by atoms with van der Waals surface area (Å²) < 4.78 is 15.3. The Labute approximate surface area is 110 Å². The molecule has 0 radical (unpaired) electrons. The predicted molar refractivity (Wildman–Crippen MR) is 74.5 cm³/mol. The number of aryl methyl sites for hydroxylation is 2. The number of pyridine rings is 1. The highest BCUT2D eigenvalue weighted by atomic mass is 19.1. The maximum Gasteiger partial charge on any atom is 0.145 e. The highest BCUT2D eigenvalue weighted by Gasteiger charge is 2.08. The summed E-state index contributed by atoms with van der Waals surface area (Å²) in [5, 5.41) is 0. The Hall–Kier alpha value is -2.36. The van der Waals surface area contributed by atoms with Gasteiger partial charge >= 0.3 is 0 Å². The minimum absolute atomic E-state index is 0.234. The molecule has 1 aromatic carbocycles. The van der Waals surface area contributed by atoms with Crippen LogP contribution in [0.25, 0.3) is 16.8 Å².